The summed E-state index contributed by atoms with van der Waals surface area (Å²) in [7, 11) is 1.33. The van der Waals surface area contributed by atoms with E-state index in [0.717, 1.165) is 11.1 Å². The van der Waals surface area contributed by atoms with Crippen molar-refractivity contribution in [2.45, 2.75) is 39.4 Å². The number of hydrogen-bond acceptors (Lipinski definition) is 9. The summed E-state index contributed by atoms with van der Waals surface area (Å²) in [4.78, 5) is 39.4. The lowest BCUT2D eigenvalue weighted by atomic mass is 9.92. The zero-order chi connectivity index (χ0) is 31.7. The second kappa shape index (κ2) is 14.2. The van der Waals surface area contributed by atoms with Gasteiger partial charge in [-0.1, -0.05) is 38.1 Å². The van der Waals surface area contributed by atoms with Gasteiger partial charge in [-0.25, -0.2) is 4.79 Å². The first kappa shape index (κ1) is 32.3. The number of carbonyl (C=O) groups is 2. The normalized spacial score (nSPS) is 16.2. The van der Waals surface area contributed by atoms with Crippen molar-refractivity contribution in [1.82, 2.24) is 25.2 Å². The van der Waals surface area contributed by atoms with E-state index in [1.165, 1.54) is 7.11 Å². The Balaban J connectivity index is 1.58. The molecule has 2 N–H and O–H groups in total. The summed E-state index contributed by atoms with van der Waals surface area (Å²) >= 11 is 0. The number of carbonyl (C=O) groups excluding carboxylic acids is 2. The van der Waals surface area contributed by atoms with Gasteiger partial charge in [-0.05, 0) is 47.2 Å². The molecule has 3 aromatic rings. The average molecular weight is 617 g/mol. The predicted molar refractivity (Wildman–Crippen MR) is 155 cm³/mol. The molecule has 0 spiro atoms. The van der Waals surface area contributed by atoms with Crippen LogP contribution in [0.1, 0.15) is 47.6 Å². The average Bonchev–Trinajstić information content (AvgIpc) is 2.99. The molecule has 7 rings (SSSR count). The number of benzene rings is 2. The molecule has 4 aliphatic rings. The molecule has 0 saturated carbocycles. The van der Waals surface area contributed by atoms with E-state index >= 15 is 0 Å². The van der Waals surface area contributed by atoms with Gasteiger partial charge in [0.2, 0.25) is 5.95 Å². The van der Waals surface area contributed by atoms with Gasteiger partial charge in [0.15, 0.2) is 6.61 Å². The summed E-state index contributed by atoms with van der Waals surface area (Å²) < 4.78 is 54.0. The fourth-order valence-corrected chi connectivity index (χ4v) is 4.41. The molecule has 6 bridgehead atoms. The van der Waals surface area contributed by atoms with E-state index in [0.29, 0.717) is 44.0 Å². The molecule has 5 heterocycles. The van der Waals surface area contributed by atoms with Gasteiger partial charge >= 0.3 is 18.3 Å². The second-order valence-electron chi connectivity index (χ2n) is 11.1. The number of ether oxygens (including phenoxy) is 3. The van der Waals surface area contributed by atoms with Gasteiger partial charge in [-0.2, -0.15) is 28.1 Å². The lowest BCUT2D eigenvalue weighted by Crippen LogP contribution is -2.45. The molecule has 1 aromatic heterocycles. The molecule has 44 heavy (non-hydrogen) atoms. The number of hydrogen-bond donors (Lipinski definition) is 2. The first-order chi connectivity index (χ1) is 20.9. The molecule has 0 saturated heterocycles. The first-order valence-corrected chi connectivity index (χ1v) is 14.0. The molecule has 11 nitrogen and oxygen atoms in total. The minimum Gasteiger partial charge on any atom is -0.494 e. The monoisotopic (exact) mass is 616 g/mol. The number of methoxy groups -OCH3 is 1. The summed E-state index contributed by atoms with van der Waals surface area (Å²) in [5, 5.41) is 5.93. The molecule has 0 unspecified atom stereocenters. The quantitative estimate of drug-likeness (QED) is 0.424. The zero-order valence-electron chi connectivity index (χ0n) is 24.7. The second-order valence-corrected chi connectivity index (χ2v) is 11.1. The number of amides is 2. The van der Waals surface area contributed by atoms with Crippen molar-refractivity contribution in [3.63, 3.8) is 0 Å². The van der Waals surface area contributed by atoms with Crippen molar-refractivity contribution in [3.05, 3.63) is 71.0 Å². The molecular weight excluding hydrogens is 581 g/mol. The Morgan fingerprint density at radius 2 is 1.73 bits per heavy atom. The highest BCUT2D eigenvalue weighted by Gasteiger charge is 2.29. The van der Waals surface area contributed by atoms with Crippen LogP contribution in [0.2, 0.25) is 0 Å². The van der Waals surface area contributed by atoms with Crippen LogP contribution in [-0.2, 0) is 17.7 Å². The minimum atomic E-state index is -4.56. The van der Waals surface area contributed by atoms with E-state index in [-0.39, 0.29) is 30.6 Å². The number of halogens is 3. The molecule has 14 heteroatoms. The minimum absolute atomic E-state index is 0.0516. The van der Waals surface area contributed by atoms with Crippen LogP contribution in [0, 0.1) is 5.41 Å². The largest absolute Gasteiger partial charge is 0.494 e. The third-order valence-electron chi connectivity index (χ3n) is 6.60. The Morgan fingerprint density at radius 3 is 2.41 bits per heavy atom. The standard InChI is InChI=1S/C30H35F3N6O5/c1-29(2)17-35-25(40)22-9-5-20(6-10-22)15-24-36-26(38-27(37-24)44-19-30(31,32)33)34-16-21-7-11-23(12-8-21)43-14-4-13-39(18-29)28(41)42-3/h5-12H,4,13-19H2,1-3H3,(H,35,40)(H,34,36,37,38). The van der Waals surface area contributed by atoms with E-state index in [4.69, 9.17) is 14.2 Å². The molecule has 2 amide bonds. The predicted octanol–water partition coefficient (Wildman–Crippen LogP) is 4.62. The van der Waals surface area contributed by atoms with Gasteiger partial charge in [0.25, 0.3) is 5.91 Å². The molecule has 0 aliphatic carbocycles. The summed E-state index contributed by atoms with van der Waals surface area (Å²) in [5.74, 6) is 0.576. The Labute approximate surface area is 253 Å². The lowest BCUT2D eigenvalue weighted by molar-refractivity contribution is -0.154. The van der Waals surface area contributed by atoms with E-state index in [9.17, 15) is 22.8 Å². The highest BCUT2D eigenvalue weighted by Crippen LogP contribution is 2.20. The fourth-order valence-electron chi connectivity index (χ4n) is 4.41. The van der Waals surface area contributed by atoms with Crippen molar-refractivity contribution in [2.75, 3.05) is 45.3 Å². The van der Waals surface area contributed by atoms with Crippen LogP contribution in [0.4, 0.5) is 23.9 Å². The van der Waals surface area contributed by atoms with Gasteiger partial charge in [0.05, 0.1) is 13.7 Å². The van der Waals surface area contributed by atoms with Gasteiger partial charge < -0.3 is 29.7 Å². The SMILES string of the molecule is COC(=O)N1CCCOc2ccc(cc2)CNc2nc(nc(OCC(F)(F)F)n2)Cc2ccc(cc2)C(=O)NCC(C)(C)C1. The highest BCUT2D eigenvalue weighted by atomic mass is 19.4. The van der Waals surface area contributed by atoms with Crippen molar-refractivity contribution < 1.29 is 37.0 Å². The van der Waals surface area contributed by atoms with Gasteiger partial charge in [-0.15, -0.1) is 0 Å². The number of alkyl halides is 3. The third kappa shape index (κ3) is 9.99. The first-order valence-electron chi connectivity index (χ1n) is 14.0. The topological polar surface area (TPSA) is 128 Å². The Morgan fingerprint density at radius 1 is 1.02 bits per heavy atom. The van der Waals surface area contributed by atoms with E-state index in [1.54, 1.807) is 41.3 Å². The lowest BCUT2D eigenvalue weighted by Gasteiger charge is -2.32. The summed E-state index contributed by atoms with van der Waals surface area (Å²) in [6.07, 6.45) is -4.31. The van der Waals surface area contributed by atoms with Crippen molar-refractivity contribution >= 4 is 17.9 Å². The van der Waals surface area contributed by atoms with Gasteiger partial charge in [0, 0.05) is 38.2 Å². The van der Waals surface area contributed by atoms with E-state index in [1.807, 2.05) is 26.0 Å². The molecule has 0 fully saturated rings. The molecule has 236 valence electrons. The molecular formula is C30H35F3N6O5. The van der Waals surface area contributed by atoms with Crippen LogP contribution in [0.3, 0.4) is 0 Å². The third-order valence-corrected chi connectivity index (χ3v) is 6.60. The van der Waals surface area contributed by atoms with Gasteiger partial charge in [-0.3, -0.25) is 4.79 Å². The molecule has 0 radical (unpaired) electrons. The van der Waals surface area contributed by atoms with E-state index in [2.05, 4.69) is 25.6 Å². The number of anilines is 1. The summed E-state index contributed by atoms with van der Waals surface area (Å²) in [6.45, 7) is 4.02. The number of aromatic nitrogens is 3. The van der Waals surface area contributed by atoms with Gasteiger partial charge in [0.1, 0.15) is 11.6 Å². The highest BCUT2D eigenvalue weighted by molar-refractivity contribution is 5.94. The Bertz CT molecular complexity index is 1420. The molecule has 2 aromatic carbocycles. The van der Waals surface area contributed by atoms with Crippen molar-refractivity contribution in [1.29, 1.82) is 0 Å². The summed E-state index contributed by atoms with van der Waals surface area (Å²) in [6, 6.07) is 13.5. The Kier molecular flexibility index (Phi) is 10.4. The van der Waals surface area contributed by atoms with Crippen LogP contribution in [0.25, 0.3) is 0 Å². The number of rotatable bonds is 2. The number of nitrogens with one attached hydrogen (secondary N) is 2. The summed E-state index contributed by atoms with van der Waals surface area (Å²) in [5.41, 5.74) is 1.52. The van der Waals surface area contributed by atoms with Crippen LogP contribution < -0.4 is 20.1 Å². The number of nitrogens with zero attached hydrogens (tertiary/aromatic N) is 4. The van der Waals surface area contributed by atoms with E-state index < -0.39 is 30.3 Å². The molecule has 4 aliphatic heterocycles. The maximum Gasteiger partial charge on any atom is 0.422 e. The van der Waals surface area contributed by atoms with Crippen LogP contribution in [-0.4, -0.2) is 78.0 Å². The molecule has 0 atom stereocenters. The van der Waals surface area contributed by atoms with Crippen molar-refractivity contribution in [2.24, 2.45) is 5.41 Å². The van der Waals surface area contributed by atoms with Crippen LogP contribution in [0.15, 0.2) is 48.5 Å². The fraction of sp³-hybridized carbons (Fsp3) is 0.433. The zero-order valence-corrected chi connectivity index (χ0v) is 24.7. The smallest absolute Gasteiger partial charge is 0.422 e. The Hall–Kier alpha value is -4.62. The van der Waals surface area contributed by atoms with Crippen LogP contribution >= 0.6 is 0 Å². The van der Waals surface area contributed by atoms with Crippen LogP contribution in [0.5, 0.6) is 11.8 Å². The maximum absolute atomic E-state index is 12.9. The van der Waals surface area contributed by atoms with Crippen molar-refractivity contribution in [3.8, 4) is 11.8 Å². The maximum atomic E-state index is 12.9.